The smallest absolute Gasteiger partial charge is 0.361 e. The minimum atomic E-state index is -0.667. The Morgan fingerprint density at radius 3 is 2.66 bits per heavy atom. The summed E-state index contributed by atoms with van der Waals surface area (Å²) in [6.07, 6.45) is 1.81. The first kappa shape index (κ1) is 18.9. The van der Waals surface area contributed by atoms with Gasteiger partial charge in [-0.3, -0.25) is 4.79 Å². The lowest BCUT2D eigenvalue weighted by atomic mass is 9.96. The molecule has 1 aliphatic heterocycles. The highest BCUT2D eigenvalue weighted by molar-refractivity contribution is 5.98. The van der Waals surface area contributed by atoms with Crippen LogP contribution in [0.2, 0.25) is 0 Å². The second-order valence-corrected chi connectivity index (χ2v) is 7.15. The number of oxazole rings is 1. The van der Waals surface area contributed by atoms with Crippen LogP contribution in [0, 0.1) is 6.92 Å². The van der Waals surface area contributed by atoms with Crippen molar-refractivity contribution in [2.24, 2.45) is 0 Å². The number of hydrogen-bond donors (Lipinski definition) is 0. The number of amides is 1. The molecule has 1 aromatic heterocycles. The molecule has 3 aromatic rings. The second kappa shape index (κ2) is 7.91. The molecule has 0 bridgehead atoms. The van der Waals surface area contributed by atoms with Gasteiger partial charge >= 0.3 is 5.97 Å². The van der Waals surface area contributed by atoms with Crippen molar-refractivity contribution in [2.45, 2.75) is 32.7 Å². The molecule has 1 atom stereocenters. The summed E-state index contributed by atoms with van der Waals surface area (Å²) in [4.78, 5) is 31.3. The number of nitrogens with zero attached hydrogens (tertiary/aromatic N) is 2. The van der Waals surface area contributed by atoms with Crippen LogP contribution in [-0.4, -0.2) is 29.5 Å². The summed E-state index contributed by atoms with van der Waals surface area (Å²) in [5, 5.41) is 0. The van der Waals surface area contributed by atoms with Crippen molar-refractivity contribution in [3.8, 4) is 11.5 Å². The molecule has 6 heteroatoms. The van der Waals surface area contributed by atoms with E-state index in [0.29, 0.717) is 11.7 Å². The van der Waals surface area contributed by atoms with E-state index in [4.69, 9.17) is 9.15 Å². The number of ether oxygens (including phenoxy) is 1. The normalized spacial score (nSPS) is 15.7. The Morgan fingerprint density at radius 1 is 1.14 bits per heavy atom. The molecule has 2 aromatic carbocycles. The highest BCUT2D eigenvalue weighted by Gasteiger charge is 2.29. The fraction of sp³-hybridized carbons (Fsp3) is 0.261. The fourth-order valence-corrected chi connectivity index (χ4v) is 3.62. The standard InChI is InChI=1S/C23H22N2O4/c1-15-12-13-17-8-6-7-11-19(17)25(15)20(26)14-28-23(27)21-16(2)29-22(24-21)18-9-4-3-5-10-18/h3-11,15H,12-14H2,1-2H3. The van der Waals surface area contributed by atoms with E-state index in [9.17, 15) is 9.59 Å². The van der Waals surface area contributed by atoms with Crippen molar-refractivity contribution < 1.29 is 18.7 Å². The van der Waals surface area contributed by atoms with Gasteiger partial charge in [0.15, 0.2) is 12.3 Å². The zero-order valence-corrected chi connectivity index (χ0v) is 16.4. The molecule has 4 rings (SSSR count). The first-order chi connectivity index (χ1) is 14.0. The predicted octanol–water partition coefficient (Wildman–Crippen LogP) is 4.17. The lowest BCUT2D eigenvalue weighted by molar-refractivity contribution is -0.122. The van der Waals surface area contributed by atoms with E-state index in [2.05, 4.69) is 4.98 Å². The number of benzene rings is 2. The van der Waals surface area contributed by atoms with Crippen LogP contribution in [0.5, 0.6) is 0 Å². The number of aryl methyl sites for hydroxylation is 2. The first-order valence-corrected chi connectivity index (χ1v) is 9.64. The summed E-state index contributed by atoms with van der Waals surface area (Å²) in [5.41, 5.74) is 2.87. The van der Waals surface area contributed by atoms with Gasteiger partial charge in [0.05, 0.1) is 0 Å². The maximum Gasteiger partial charge on any atom is 0.361 e. The van der Waals surface area contributed by atoms with Gasteiger partial charge in [-0.25, -0.2) is 9.78 Å². The zero-order valence-electron chi connectivity index (χ0n) is 16.4. The van der Waals surface area contributed by atoms with Gasteiger partial charge < -0.3 is 14.1 Å². The third-order valence-electron chi connectivity index (χ3n) is 5.13. The van der Waals surface area contributed by atoms with Crippen molar-refractivity contribution in [3.63, 3.8) is 0 Å². The number of aromatic nitrogens is 1. The lowest BCUT2D eigenvalue weighted by Gasteiger charge is -2.35. The molecule has 0 aliphatic carbocycles. The third-order valence-corrected chi connectivity index (χ3v) is 5.13. The Hall–Kier alpha value is -3.41. The van der Waals surface area contributed by atoms with E-state index in [0.717, 1.165) is 29.7 Å². The Morgan fingerprint density at radius 2 is 1.86 bits per heavy atom. The van der Waals surface area contributed by atoms with Crippen LogP contribution in [0.1, 0.15) is 35.2 Å². The van der Waals surface area contributed by atoms with Gasteiger partial charge in [0.2, 0.25) is 5.89 Å². The molecular weight excluding hydrogens is 368 g/mol. The molecular formula is C23H22N2O4. The quantitative estimate of drug-likeness (QED) is 0.625. The van der Waals surface area contributed by atoms with Gasteiger partial charge in [0.1, 0.15) is 5.76 Å². The molecule has 0 spiro atoms. The maximum absolute atomic E-state index is 12.8. The molecule has 6 nitrogen and oxygen atoms in total. The molecule has 29 heavy (non-hydrogen) atoms. The van der Waals surface area contributed by atoms with E-state index in [1.807, 2.05) is 61.5 Å². The van der Waals surface area contributed by atoms with Gasteiger partial charge in [-0.2, -0.15) is 0 Å². The van der Waals surface area contributed by atoms with Crippen molar-refractivity contribution in [3.05, 3.63) is 71.6 Å². The van der Waals surface area contributed by atoms with Crippen LogP contribution < -0.4 is 4.90 Å². The number of para-hydroxylation sites is 1. The number of carbonyl (C=O) groups excluding carboxylic acids is 2. The minimum absolute atomic E-state index is 0.0505. The van der Waals surface area contributed by atoms with E-state index in [1.165, 1.54) is 0 Å². The largest absolute Gasteiger partial charge is 0.451 e. The van der Waals surface area contributed by atoms with Gasteiger partial charge in [-0.1, -0.05) is 36.4 Å². The Balaban J connectivity index is 1.47. The van der Waals surface area contributed by atoms with E-state index >= 15 is 0 Å². The molecule has 0 saturated heterocycles. The summed E-state index contributed by atoms with van der Waals surface area (Å²) in [6.45, 7) is 3.31. The molecule has 1 aliphatic rings. The number of anilines is 1. The Kier molecular flexibility index (Phi) is 5.16. The van der Waals surface area contributed by atoms with Crippen molar-refractivity contribution in [2.75, 3.05) is 11.5 Å². The number of hydrogen-bond acceptors (Lipinski definition) is 5. The van der Waals surface area contributed by atoms with Crippen LogP contribution in [0.4, 0.5) is 5.69 Å². The third kappa shape index (κ3) is 3.78. The average molecular weight is 390 g/mol. The van der Waals surface area contributed by atoms with Gasteiger partial charge in [-0.05, 0) is 50.5 Å². The molecule has 148 valence electrons. The maximum atomic E-state index is 12.8. The van der Waals surface area contributed by atoms with Crippen LogP contribution in [0.3, 0.4) is 0 Å². The minimum Gasteiger partial charge on any atom is -0.451 e. The first-order valence-electron chi connectivity index (χ1n) is 9.64. The molecule has 1 unspecified atom stereocenters. The van der Waals surface area contributed by atoms with Gasteiger partial charge in [0.25, 0.3) is 5.91 Å². The van der Waals surface area contributed by atoms with Crippen molar-refractivity contribution in [1.29, 1.82) is 0 Å². The van der Waals surface area contributed by atoms with Crippen LogP contribution in [0.25, 0.3) is 11.5 Å². The second-order valence-electron chi connectivity index (χ2n) is 7.15. The summed E-state index contributed by atoms with van der Waals surface area (Å²) in [5.74, 6) is -0.208. The highest BCUT2D eigenvalue weighted by atomic mass is 16.5. The average Bonchev–Trinajstić information content (AvgIpc) is 3.14. The highest BCUT2D eigenvalue weighted by Crippen LogP contribution is 2.30. The van der Waals surface area contributed by atoms with Crippen LogP contribution in [0.15, 0.2) is 59.0 Å². The lowest BCUT2D eigenvalue weighted by Crippen LogP contribution is -2.44. The number of carbonyl (C=O) groups is 2. The Bertz CT molecular complexity index is 1040. The monoisotopic (exact) mass is 390 g/mol. The van der Waals surface area contributed by atoms with Gasteiger partial charge in [0, 0.05) is 17.3 Å². The predicted molar refractivity (Wildman–Crippen MR) is 109 cm³/mol. The van der Waals surface area contributed by atoms with Crippen molar-refractivity contribution in [1.82, 2.24) is 4.98 Å². The number of fused-ring (bicyclic) bond motifs is 1. The summed E-state index contributed by atoms with van der Waals surface area (Å²) >= 11 is 0. The summed E-state index contributed by atoms with van der Waals surface area (Å²) in [6, 6.07) is 17.2. The topological polar surface area (TPSA) is 72.6 Å². The fourth-order valence-electron chi connectivity index (χ4n) is 3.62. The zero-order chi connectivity index (χ0) is 20.4. The molecule has 2 heterocycles. The molecule has 1 amide bonds. The molecule has 0 N–H and O–H groups in total. The summed E-state index contributed by atoms with van der Waals surface area (Å²) in [7, 11) is 0. The molecule has 0 fully saturated rings. The number of rotatable bonds is 4. The van der Waals surface area contributed by atoms with Crippen LogP contribution >= 0.6 is 0 Å². The van der Waals surface area contributed by atoms with Crippen molar-refractivity contribution >= 4 is 17.6 Å². The van der Waals surface area contributed by atoms with Crippen LogP contribution in [-0.2, 0) is 16.0 Å². The number of esters is 1. The molecule has 0 radical (unpaired) electrons. The Labute approximate surface area is 169 Å². The summed E-state index contributed by atoms with van der Waals surface area (Å²) < 4.78 is 10.9. The van der Waals surface area contributed by atoms with E-state index in [-0.39, 0.29) is 24.2 Å². The van der Waals surface area contributed by atoms with Gasteiger partial charge in [-0.15, -0.1) is 0 Å². The molecule has 0 saturated carbocycles. The SMILES string of the molecule is Cc1oc(-c2ccccc2)nc1C(=O)OCC(=O)N1c2ccccc2CCC1C. The van der Waals surface area contributed by atoms with E-state index in [1.54, 1.807) is 11.8 Å². The van der Waals surface area contributed by atoms with E-state index < -0.39 is 5.97 Å².